The Balaban J connectivity index is 1.15. The molecule has 1 atom stereocenters. The number of nitrogens with zero attached hydrogens (tertiary/aromatic N) is 4. The number of carbonyl (C=O) groups excluding carboxylic acids is 3. The number of piperidine rings is 1. The van der Waals surface area contributed by atoms with E-state index >= 15 is 0 Å². The number of hydrogen-bond donors (Lipinski definition) is 0. The highest BCUT2D eigenvalue weighted by atomic mass is 19.1. The van der Waals surface area contributed by atoms with Crippen molar-refractivity contribution in [2.45, 2.75) is 25.8 Å². The van der Waals surface area contributed by atoms with Gasteiger partial charge in [-0.25, -0.2) is 9.37 Å². The lowest BCUT2D eigenvalue weighted by atomic mass is 9.91. The second kappa shape index (κ2) is 10.4. The summed E-state index contributed by atoms with van der Waals surface area (Å²) >= 11 is 0. The smallest absolute Gasteiger partial charge is 0.239 e. The molecule has 2 fully saturated rings. The van der Waals surface area contributed by atoms with E-state index < -0.39 is 5.92 Å². The van der Waals surface area contributed by atoms with Gasteiger partial charge in [-0.3, -0.25) is 14.4 Å². The van der Waals surface area contributed by atoms with Gasteiger partial charge in [-0.2, -0.15) is 0 Å². The standard InChI is InChI=1S/C31H29FN4O3/c32-23-12-10-21(11-13-23)20-36-27-9-5-4-8-26(27)33-29(36)28(37)22-14-17-34(18-15-22)30(38)25-16-19-35(31(25)39)24-6-2-1-3-7-24/h1-13,22,25H,14-20H2. The number of para-hydroxylation sites is 3. The molecule has 0 radical (unpaired) electrons. The van der Waals surface area contributed by atoms with E-state index in [1.165, 1.54) is 12.1 Å². The number of halogens is 1. The number of likely N-dealkylation sites (tertiary alicyclic amines) is 1. The van der Waals surface area contributed by atoms with Crippen LogP contribution < -0.4 is 4.90 Å². The highest BCUT2D eigenvalue weighted by molar-refractivity contribution is 6.09. The molecule has 3 heterocycles. The van der Waals surface area contributed by atoms with Gasteiger partial charge in [0.1, 0.15) is 11.7 Å². The Morgan fingerprint density at radius 2 is 1.54 bits per heavy atom. The van der Waals surface area contributed by atoms with E-state index in [0.29, 0.717) is 51.3 Å². The molecule has 0 bridgehead atoms. The van der Waals surface area contributed by atoms with Crippen LogP contribution >= 0.6 is 0 Å². The van der Waals surface area contributed by atoms with Crippen LogP contribution in [0.3, 0.4) is 0 Å². The number of benzene rings is 3. The first-order valence-corrected chi connectivity index (χ1v) is 13.4. The highest BCUT2D eigenvalue weighted by Gasteiger charge is 2.41. The molecule has 39 heavy (non-hydrogen) atoms. The molecule has 2 aliphatic rings. The van der Waals surface area contributed by atoms with Gasteiger partial charge in [0, 0.05) is 37.8 Å². The van der Waals surface area contributed by atoms with Gasteiger partial charge in [0.15, 0.2) is 5.82 Å². The van der Waals surface area contributed by atoms with Crippen molar-refractivity contribution in [3.8, 4) is 0 Å². The Morgan fingerprint density at radius 1 is 0.846 bits per heavy atom. The van der Waals surface area contributed by atoms with Crippen molar-refractivity contribution in [3.05, 3.63) is 96.1 Å². The second-order valence-corrected chi connectivity index (χ2v) is 10.3. The monoisotopic (exact) mass is 524 g/mol. The minimum absolute atomic E-state index is 0.0485. The van der Waals surface area contributed by atoms with Crippen molar-refractivity contribution in [3.63, 3.8) is 0 Å². The van der Waals surface area contributed by atoms with E-state index in [4.69, 9.17) is 0 Å². The lowest BCUT2D eigenvalue weighted by Gasteiger charge is -2.32. The molecule has 0 saturated carbocycles. The number of carbonyl (C=O) groups is 3. The van der Waals surface area contributed by atoms with Gasteiger partial charge >= 0.3 is 0 Å². The summed E-state index contributed by atoms with van der Waals surface area (Å²) < 4.78 is 15.4. The van der Waals surface area contributed by atoms with Crippen molar-refractivity contribution in [1.82, 2.24) is 14.5 Å². The first-order valence-electron chi connectivity index (χ1n) is 13.4. The van der Waals surface area contributed by atoms with E-state index in [0.717, 1.165) is 22.3 Å². The number of anilines is 1. The van der Waals surface area contributed by atoms with Crippen LogP contribution in [-0.2, 0) is 16.1 Å². The van der Waals surface area contributed by atoms with E-state index in [-0.39, 0.29) is 29.3 Å². The quantitative estimate of drug-likeness (QED) is 0.271. The molecule has 2 saturated heterocycles. The Morgan fingerprint density at radius 3 is 2.28 bits per heavy atom. The summed E-state index contributed by atoms with van der Waals surface area (Å²) in [5.41, 5.74) is 3.27. The van der Waals surface area contributed by atoms with Crippen molar-refractivity contribution < 1.29 is 18.8 Å². The van der Waals surface area contributed by atoms with Crippen LogP contribution in [0.15, 0.2) is 78.9 Å². The number of imidazole rings is 1. The maximum absolute atomic E-state index is 13.7. The predicted octanol–water partition coefficient (Wildman–Crippen LogP) is 4.70. The Labute approximate surface area is 225 Å². The van der Waals surface area contributed by atoms with Crippen molar-refractivity contribution in [2.75, 3.05) is 24.5 Å². The Kier molecular flexibility index (Phi) is 6.69. The van der Waals surface area contributed by atoms with Gasteiger partial charge in [-0.05, 0) is 61.2 Å². The van der Waals surface area contributed by atoms with Gasteiger partial charge in [-0.1, -0.05) is 42.5 Å². The fraction of sp³-hybridized carbons (Fsp3) is 0.290. The molecule has 2 aliphatic heterocycles. The lowest BCUT2D eigenvalue weighted by molar-refractivity contribution is -0.140. The van der Waals surface area contributed by atoms with Crippen LogP contribution in [0.2, 0.25) is 0 Å². The summed E-state index contributed by atoms with van der Waals surface area (Å²) in [5.74, 6) is -1.21. The summed E-state index contributed by atoms with van der Waals surface area (Å²) in [6, 6.07) is 23.3. The SMILES string of the molecule is O=C(c1nc2ccccc2n1Cc1ccc(F)cc1)C1CCN(C(=O)C2CCN(c3ccccc3)C2=O)CC1. The fourth-order valence-corrected chi connectivity index (χ4v) is 5.73. The van der Waals surface area contributed by atoms with E-state index in [1.54, 1.807) is 21.9 Å². The molecule has 1 aromatic heterocycles. The fourth-order valence-electron chi connectivity index (χ4n) is 5.73. The van der Waals surface area contributed by atoms with Crippen LogP contribution in [-0.4, -0.2) is 51.7 Å². The average Bonchev–Trinajstić information content (AvgIpc) is 3.54. The second-order valence-electron chi connectivity index (χ2n) is 10.3. The van der Waals surface area contributed by atoms with Crippen LogP contribution in [0, 0.1) is 17.7 Å². The molecule has 0 N–H and O–H groups in total. The minimum Gasteiger partial charge on any atom is -0.342 e. The topological polar surface area (TPSA) is 75.5 Å². The summed E-state index contributed by atoms with van der Waals surface area (Å²) in [7, 11) is 0. The summed E-state index contributed by atoms with van der Waals surface area (Å²) in [4.78, 5) is 48.1. The number of aromatic nitrogens is 2. The predicted molar refractivity (Wildman–Crippen MR) is 146 cm³/mol. The molecule has 198 valence electrons. The third kappa shape index (κ3) is 4.82. The van der Waals surface area contributed by atoms with E-state index in [9.17, 15) is 18.8 Å². The molecule has 0 aliphatic carbocycles. The first-order chi connectivity index (χ1) is 19.0. The van der Waals surface area contributed by atoms with Crippen LogP contribution in [0.25, 0.3) is 11.0 Å². The zero-order valence-corrected chi connectivity index (χ0v) is 21.5. The number of Topliss-reactive ketones (excluding diaryl/α,β-unsaturated/α-hetero) is 1. The maximum atomic E-state index is 13.7. The molecule has 4 aromatic rings. The lowest BCUT2D eigenvalue weighted by Crippen LogP contribution is -2.45. The largest absolute Gasteiger partial charge is 0.342 e. The zero-order valence-electron chi connectivity index (χ0n) is 21.5. The van der Waals surface area contributed by atoms with Crippen molar-refractivity contribution in [1.29, 1.82) is 0 Å². The van der Waals surface area contributed by atoms with Gasteiger partial charge in [-0.15, -0.1) is 0 Å². The molecule has 7 nitrogen and oxygen atoms in total. The van der Waals surface area contributed by atoms with Crippen molar-refractivity contribution in [2.24, 2.45) is 11.8 Å². The van der Waals surface area contributed by atoms with Crippen LogP contribution in [0.5, 0.6) is 0 Å². The molecule has 0 spiro atoms. The molecule has 8 heteroatoms. The number of rotatable bonds is 6. The van der Waals surface area contributed by atoms with E-state index in [2.05, 4.69) is 4.98 Å². The van der Waals surface area contributed by atoms with Crippen LogP contribution in [0.4, 0.5) is 10.1 Å². The average molecular weight is 525 g/mol. The molecule has 1 unspecified atom stereocenters. The molecular formula is C31H29FN4O3. The van der Waals surface area contributed by atoms with Crippen LogP contribution in [0.1, 0.15) is 35.4 Å². The summed E-state index contributed by atoms with van der Waals surface area (Å²) in [6.07, 6.45) is 1.54. The normalized spacial score (nSPS) is 18.2. The number of ketones is 1. The highest BCUT2D eigenvalue weighted by Crippen LogP contribution is 2.29. The third-order valence-electron chi connectivity index (χ3n) is 7.88. The Hall–Kier alpha value is -4.33. The summed E-state index contributed by atoms with van der Waals surface area (Å²) in [6.45, 7) is 1.80. The van der Waals surface area contributed by atoms with Gasteiger partial charge in [0.25, 0.3) is 0 Å². The molecule has 6 rings (SSSR count). The number of amides is 2. The van der Waals surface area contributed by atoms with Gasteiger partial charge < -0.3 is 14.4 Å². The van der Waals surface area contributed by atoms with Crippen molar-refractivity contribution >= 4 is 34.3 Å². The Bertz CT molecular complexity index is 1520. The first kappa shape index (κ1) is 25.0. The molecule has 3 aromatic carbocycles. The summed E-state index contributed by atoms with van der Waals surface area (Å²) in [5, 5.41) is 0. The number of fused-ring (bicyclic) bond motifs is 1. The zero-order chi connectivity index (χ0) is 26.9. The third-order valence-corrected chi connectivity index (χ3v) is 7.88. The van der Waals surface area contributed by atoms with E-state index in [1.807, 2.05) is 59.2 Å². The van der Waals surface area contributed by atoms with Gasteiger partial charge in [0.05, 0.1) is 11.0 Å². The maximum Gasteiger partial charge on any atom is 0.239 e. The number of hydrogen-bond acceptors (Lipinski definition) is 4. The minimum atomic E-state index is -0.669. The van der Waals surface area contributed by atoms with Gasteiger partial charge in [0.2, 0.25) is 17.6 Å². The molecular weight excluding hydrogens is 495 g/mol. The molecule has 2 amide bonds.